The Hall–Kier alpha value is -1.25. The first-order valence-electron chi connectivity index (χ1n) is 4.49. The fourth-order valence-electron chi connectivity index (χ4n) is 1.44. The second-order valence-corrected chi connectivity index (χ2v) is 3.75. The van der Waals surface area contributed by atoms with Gasteiger partial charge in [0.25, 0.3) is 0 Å². The van der Waals surface area contributed by atoms with Crippen molar-refractivity contribution in [3.63, 3.8) is 0 Å². The third-order valence-corrected chi connectivity index (χ3v) is 2.64. The Morgan fingerprint density at radius 3 is 2.69 bits per heavy atom. The lowest BCUT2D eigenvalue weighted by atomic mass is 10.0. The SMILES string of the molecule is Cc1nccnc1CC1(C=O)CC1. The highest BCUT2D eigenvalue weighted by atomic mass is 16.1. The minimum Gasteiger partial charge on any atom is -0.303 e. The average Bonchev–Trinajstić information content (AvgIpc) is 2.90. The number of aldehydes is 1. The van der Waals surface area contributed by atoms with Crippen LogP contribution in [0.5, 0.6) is 0 Å². The number of carbonyl (C=O) groups is 1. The summed E-state index contributed by atoms with van der Waals surface area (Å²) < 4.78 is 0. The Morgan fingerprint density at radius 2 is 2.15 bits per heavy atom. The van der Waals surface area contributed by atoms with Crippen molar-refractivity contribution < 1.29 is 4.79 Å². The molecule has 0 bridgehead atoms. The van der Waals surface area contributed by atoms with Gasteiger partial charge in [-0.05, 0) is 19.8 Å². The molecule has 0 radical (unpaired) electrons. The standard InChI is InChI=1S/C10H12N2O/c1-8-9(12-5-4-11-8)6-10(7-13)2-3-10/h4-5,7H,2-3,6H2,1H3. The van der Waals surface area contributed by atoms with Gasteiger partial charge in [-0.1, -0.05) is 0 Å². The summed E-state index contributed by atoms with van der Waals surface area (Å²) in [5, 5.41) is 0. The molecule has 0 saturated heterocycles. The van der Waals surface area contributed by atoms with Crippen LogP contribution in [0.25, 0.3) is 0 Å². The number of carbonyl (C=O) groups excluding carboxylic acids is 1. The fourth-order valence-corrected chi connectivity index (χ4v) is 1.44. The van der Waals surface area contributed by atoms with Crippen LogP contribution >= 0.6 is 0 Å². The first-order valence-corrected chi connectivity index (χ1v) is 4.49. The third kappa shape index (κ3) is 1.59. The molecule has 2 rings (SSSR count). The average molecular weight is 176 g/mol. The minimum atomic E-state index is -0.0964. The smallest absolute Gasteiger partial charge is 0.126 e. The molecule has 3 nitrogen and oxygen atoms in total. The number of rotatable bonds is 3. The number of nitrogens with zero attached hydrogens (tertiary/aromatic N) is 2. The first kappa shape index (κ1) is 8.35. The van der Waals surface area contributed by atoms with Gasteiger partial charge in [0.1, 0.15) is 6.29 Å². The molecular formula is C10H12N2O. The summed E-state index contributed by atoms with van der Waals surface area (Å²) in [7, 11) is 0. The van der Waals surface area contributed by atoms with Crippen molar-refractivity contribution in [2.24, 2.45) is 5.41 Å². The van der Waals surface area contributed by atoms with E-state index in [1.165, 1.54) is 0 Å². The van der Waals surface area contributed by atoms with Gasteiger partial charge in [-0.2, -0.15) is 0 Å². The lowest BCUT2D eigenvalue weighted by Gasteiger charge is -2.07. The van der Waals surface area contributed by atoms with Crippen LogP contribution in [-0.2, 0) is 11.2 Å². The molecule has 1 aromatic rings. The summed E-state index contributed by atoms with van der Waals surface area (Å²) in [5.41, 5.74) is 1.81. The predicted molar refractivity (Wildman–Crippen MR) is 48.2 cm³/mol. The van der Waals surface area contributed by atoms with Crippen molar-refractivity contribution in [1.82, 2.24) is 9.97 Å². The highest BCUT2D eigenvalue weighted by molar-refractivity contribution is 5.64. The van der Waals surface area contributed by atoms with Gasteiger partial charge in [0, 0.05) is 24.2 Å². The van der Waals surface area contributed by atoms with E-state index in [0.717, 1.165) is 36.9 Å². The molecule has 1 fully saturated rings. The molecule has 13 heavy (non-hydrogen) atoms. The van der Waals surface area contributed by atoms with E-state index in [2.05, 4.69) is 9.97 Å². The van der Waals surface area contributed by atoms with Crippen molar-refractivity contribution in [3.05, 3.63) is 23.8 Å². The Kier molecular flexibility index (Phi) is 1.87. The van der Waals surface area contributed by atoms with E-state index in [4.69, 9.17) is 0 Å². The molecule has 68 valence electrons. The largest absolute Gasteiger partial charge is 0.303 e. The van der Waals surface area contributed by atoms with Crippen LogP contribution in [0.4, 0.5) is 0 Å². The number of hydrogen-bond donors (Lipinski definition) is 0. The third-order valence-electron chi connectivity index (χ3n) is 2.64. The molecule has 1 heterocycles. The number of aromatic nitrogens is 2. The molecule has 1 aromatic heterocycles. The summed E-state index contributed by atoms with van der Waals surface area (Å²) in [5.74, 6) is 0. The number of aryl methyl sites for hydroxylation is 1. The van der Waals surface area contributed by atoms with Gasteiger partial charge in [0.2, 0.25) is 0 Å². The van der Waals surface area contributed by atoms with Crippen LogP contribution in [0.1, 0.15) is 24.2 Å². The second-order valence-electron chi connectivity index (χ2n) is 3.75. The Balaban J connectivity index is 2.18. The Bertz CT molecular complexity index is 331. The summed E-state index contributed by atoms with van der Waals surface area (Å²) in [6.07, 6.45) is 7.21. The Morgan fingerprint density at radius 1 is 1.46 bits per heavy atom. The lowest BCUT2D eigenvalue weighted by molar-refractivity contribution is -0.112. The molecule has 0 N–H and O–H groups in total. The molecule has 0 unspecified atom stereocenters. The molecule has 1 aliphatic carbocycles. The van der Waals surface area contributed by atoms with Gasteiger partial charge in [-0.25, -0.2) is 0 Å². The first-order chi connectivity index (χ1) is 6.26. The van der Waals surface area contributed by atoms with Crippen LogP contribution in [-0.4, -0.2) is 16.3 Å². The maximum atomic E-state index is 10.8. The van der Waals surface area contributed by atoms with Gasteiger partial charge in [0.05, 0.1) is 11.4 Å². The van der Waals surface area contributed by atoms with Gasteiger partial charge in [-0.15, -0.1) is 0 Å². The highest BCUT2D eigenvalue weighted by Crippen LogP contribution is 2.46. The summed E-state index contributed by atoms with van der Waals surface area (Å²) in [6, 6.07) is 0. The fraction of sp³-hybridized carbons (Fsp3) is 0.500. The zero-order valence-corrected chi connectivity index (χ0v) is 7.66. The van der Waals surface area contributed by atoms with E-state index < -0.39 is 0 Å². The van der Waals surface area contributed by atoms with Crippen LogP contribution in [0.15, 0.2) is 12.4 Å². The summed E-state index contributed by atoms with van der Waals surface area (Å²) >= 11 is 0. The van der Waals surface area contributed by atoms with E-state index in [0.29, 0.717) is 0 Å². The van der Waals surface area contributed by atoms with Crippen molar-refractivity contribution in [2.75, 3.05) is 0 Å². The van der Waals surface area contributed by atoms with Gasteiger partial charge in [-0.3, -0.25) is 9.97 Å². The molecule has 1 saturated carbocycles. The van der Waals surface area contributed by atoms with Gasteiger partial charge < -0.3 is 4.79 Å². The van der Waals surface area contributed by atoms with Gasteiger partial charge in [0.15, 0.2) is 0 Å². The highest BCUT2D eigenvalue weighted by Gasteiger charge is 2.43. The Labute approximate surface area is 77.2 Å². The van der Waals surface area contributed by atoms with Crippen LogP contribution < -0.4 is 0 Å². The lowest BCUT2D eigenvalue weighted by Crippen LogP contribution is -2.09. The maximum absolute atomic E-state index is 10.8. The molecule has 0 aromatic carbocycles. The molecule has 1 aliphatic rings. The van der Waals surface area contributed by atoms with Crippen LogP contribution in [0.3, 0.4) is 0 Å². The molecular weight excluding hydrogens is 164 g/mol. The molecule has 0 spiro atoms. The zero-order valence-electron chi connectivity index (χ0n) is 7.66. The van der Waals surface area contributed by atoms with Crippen molar-refractivity contribution in [2.45, 2.75) is 26.2 Å². The molecule has 0 atom stereocenters. The van der Waals surface area contributed by atoms with Crippen LogP contribution in [0.2, 0.25) is 0 Å². The van der Waals surface area contributed by atoms with E-state index >= 15 is 0 Å². The minimum absolute atomic E-state index is 0.0964. The maximum Gasteiger partial charge on any atom is 0.126 e. The topological polar surface area (TPSA) is 42.9 Å². The van der Waals surface area contributed by atoms with Gasteiger partial charge >= 0.3 is 0 Å². The monoisotopic (exact) mass is 176 g/mol. The zero-order chi connectivity index (χ0) is 9.31. The van der Waals surface area contributed by atoms with Crippen molar-refractivity contribution in [1.29, 1.82) is 0 Å². The van der Waals surface area contributed by atoms with E-state index in [-0.39, 0.29) is 5.41 Å². The van der Waals surface area contributed by atoms with Crippen LogP contribution in [0, 0.1) is 12.3 Å². The van der Waals surface area contributed by atoms with E-state index in [1.54, 1.807) is 12.4 Å². The molecule has 0 amide bonds. The normalized spacial score (nSPS) is 18.2. The number of hydrogen-bond acceptors (Lipinski definition) is 3. The quantitative estimate of drug-likeness (QED) is 0.652. The van der Waals surface area contributed by atoms with E-state index in [9.17, 15) is 4.79 Å². The molecule has 0 aliphatic heterocycles. The second kappa shape index (κ2) is 2.91. The molecule has 3 heteroatoms. The summed E-state index contributed by atoms with van der Waals surface area (Å²) in [6.45, 7) is 1.93. The van der Waals surface area contributed by atoms with Crippen molar-refractivity contribution >= 4 is 6.29 Å². The predicted octanol–water partition coefficient (Wildman–Crippen LogP) is 1.31. The van der Waals surface area contributed by atoms with E-state index in [1.807, 2.05) is 6.92 Å². The van der Waals surface area contributed by atoms with Crippen molar-refractivity contribution in [3.8, 4) is 0 Å². The summed E-state index contributed by atoms with van der Waals surface area (Å²) in [4.78, 5) is 19.1.